The zero-order valence-corrected chi connectivity index (χ0v) is 12.4. The van der Waals surface area contributed by atoms with Crippen LogP contribution in [0.25, 0.3) is 0 Å². The minimum Gasteiger partial charge on any atom is -0.382 e. The second-order valence-electron chi connectivity index (χ2n) is 4.62. The summed E-state index contributed by atoms with van der Waals surface area (Å²) in [6.07, 6.45) is 1.01. The smallest absolute Gasteiger partial charge is 0.267 e. The molecule has 0 saturated carbocycles. The third-order valence-corrected chi connectivity index (χ3v) is 4.58. The number of methoxy groups -OCH3 is 1. The van der Waals surface area contributed by atoms with Gasteiger partial charge in [0.05, 0.1) is 6.10 Å². The molecule has 1 aromatic rings. The first kappa shape index (κ1) is 14.1. The number of nitrogens with two attached hydrogens (primary N) is 1. The van der Waals surface area contributed by atoms with Crippen molar-refractivity contribution < 1.29 is 9.53 Å². The Balaban J connectivity index is 2.13. The maximum atomic E-state index is 12.4. The Bertz CT molecular complexity index is 463. The highest BCUT2D eigenvalue weighted by molar-refractivity contribution is 7.18. The topological polar surface area (TPSA) is 71.7 Å². The van der Waals surface area contributed by atoms with E-state index in [9.17, 15) is 4.79 Å². The minimum absolute atomic E-state index is 0.0368. The van der Waals surface area contributed by atoms with E-state index in [-0.39, 0.29) is 12.0 Å². The lowest BCUT2D eigenvalue weighted by atomic mass is 10.3. The van der Waals surface area contributed by atoms with Crippen LogP contribution in [0.5, 0.6) is 0 Å². The van der Waals surface area contributed by atoms with E-state index >= 15 is 0 Å². The van der Waals surface area contributed by atoms with Crippen molar-refractivity contribution >= 4 is 28.2 Å². The number of thiazole rings is 1. The molecule has 1 atom stereocenters. The molecular weight excluding hydrogens is 264 g/mol. The van der Waals surface area contributed by atoms with E-state index in [1.54, 1.807) is 12.0 Å². The molecule has 7 heteroatoms. The van der Waals surface area contributed by atoms with Gasteiger partial charge in [-0.15, -0.1) is 0 Å². The van der Waals surface area contributed by atoms with Gasteiger partial charge in [0.1, 0.15) is 10.7 Å². The van der Waals surface area contributed by atoms with Gasteiger partial charge in [0.25, 0.3) is 5.91 Å². The average Bonchev–Trinajstić information content (AvgIpc) is 3.03. The number of ether oxygens (including phenoxy) is 1. The first-order chi connectivity index (χ1) is 9.06. The number of hydrogen-bond donors (Lipinski definition) is 1. The number of hydrogen-bond acceptors (Lipinski definition) is 6. The number of likely N-dealkylation sites (tertiary alicyclic amines) is 1. The molecule has 2 N–H and O–H groups in total. The van der Waals surface area contributed by atoms with Crippen molar-refractivity contribution in [1.29, 1.82) is 0 Å². The predicted molar refractivity (Wildman–Crippen MR) is 76.8 cm³/mol. The van der Waals surface area contributed by atoms with E-state index in [0.29, 0.717) is 23.8 Å². The van der Waals surface area contributed by atoms with Crippen LogP contribution in [-0.2, 0) is 4.74 Å². The van der Waals surface area contributed by atoms with Crippen LogP contribution in [0.4, 0.5) is 10.9 Å². The maximum absolute atomic E-state index is 12.4. The zero-order chi connectivity index (χ0) is 14.0. The highest BCUT2D eigenvalue weighted by atomic mass is 32.1. The molecule has 0 radical (unpaired) electrons. The highest BCUT2D eigenvalue weighted by Gasteiger charge is 2.29. The second-order valence-corrected chi connectivity index (χ2v) is 5.60. The van der Waals surface area contributed by atoms with Gasteiger partial charge >= 0.3 is 0 Å². The Morgan fingerprint density at radius 2 is 2.42 bits per heavy atom. The molecule has 2 heterocycles. The summed E-state index contributed by atoms with van der Waals surface area (Å²) >= 11 is 1.35. The van der Waals surface area contributed by atoms with Gasteiger partial charge in [0.2, 0.25) is 0 Å². The maximum Gasteiger partial charge on any atom is 0.267 e. The van der Waals surface area contributed by atoms with Crippen molar-refractivity contribution in [1.82, 2.24) is 9.88 Å². The van der Waals surface area contributed by atoms with Gasteiger partial charge in [-0.2, -0.15) is 0 Å². The molecule has 1 amide bonds. The lowest BCUT2D eigenvalue weighted by Crippen LogP contribution is -2.29. The summed E-state index contributed by atoms with van der Waals surface area (Å²) in [6.45, 7) is 4.21. The number of anilines is 2. The molecular formula is C12H20N4O2S. The first-order valence-corrected chi connectivity index (χ1v) is 7.18. The summed E-state index contributed by atoms with van der Waals surface area (Å²) in [6, 6.07) is 0. The predicted octanol–water partition coefficient (Wildman–Crippen LogP) is 1.04. The van der Waals surface area contributed by atoms with Crippen LogP contribution >= 0.6 is 11.3 Å². The van der Waals surface area contributed by atoms with E-state index in [1.807, 2.05) is 18.9 Å². The number of rotatable bonds is 4. The molecule has 1 aromatic heterocycles. The largest absolute Gasteiger partial charge is 0.382 e. The Morgan fingerprint density at radius 3 is 3.00 bits per heavy atom. The third kappa shape index (κ3) is 2.82. The van der Waals surface area contributed by atoms with E-state index < -0.39 is 0 Å². The minimum atomic E-state index is -0.0368. The SMILES string of the molecule is CCN(C)c1nc(N)c(C(=O)N2CCC(OC)C2)s1. The second kappa shape index (κ2) is 5.75. The Hall–Kier alpha value is -1.34. The number of carbonyl (C=O) groups is 1. The van der Waals surface area contributed by atoms with Crippen molar-refractivity contribution in [3.8, 4) is 0 Å². The molecule has 6 nitrogen and oxygen atoms in total. The molecule has 19 heavy (non-hydrogen) atoms. The van der Waals surface area contributed by atoms with E-state index in [0.717, 1.165) is 18.1 Å². The number of carbonyl (C=O) groups excluding carboxylic acids is 1. The van der Waals surface area contributed by atoms with Crippen molar-refractivity contribution in [2.45, 2.75) is 19.4 Å². The monoisotopic (exact) mass is 284 g/mol. The van der Waals surface area contributed by atoms with Crippen LogP contribution in [-0.4, -0.2) is 55.7 Å². The quantitative estimate of drug-likeness (QED) is 0.894. The fourth-order valence-corrected chi connectivity index (χ4v) is 3.00. The van der Waals surface area contributed by atoms with Crippen LogP contribution in [0.15, 0.2) is 0 Å². The van der Waals surface area contributed by atoms with Gasteiger partial charge in [-0.05, 0) is 13.3 Å². The molecule has 0 aromatic carbocycles. The van der Waals surface area contributed by atoms with E-state index in [4.69, 9.17) is 10.5 Å². The summed E-state index contributed by atoms with van der Waals surface area (Å²) in [7, 11) is 3.61. The summed E-state index contributed by atoms with van der Waals surface area (Å²) < 4.78 is 5.27. The van der Waals surface area contributed by atoms with Crippen molar-refractivity contribution in [3.05, 3.63) is 4.88 Å². The van der Waals surface area contributed by atoms with Crippen LogP contribution in [0, 0.1) is 0 Å². The standard InChI is InChI=1S/C12H20N4O2S/c1-4-15(2)12-14-10(13)9(19-12)11(17)16-6-5-8(7-16)18-3/h8H,4-7,13H2,1-3H3. The van der Waals surface area contributed by atoms with Crippen LogP contribution in [0.3, 0.4) is 0 Å². The lowest BCUT2D eigenvalue weighted by molar-refractivity contribution is 0.0729. The summed E-state index contributed by atoms with van der Waals surface area (Å²) in [5.74, 6) is 0.288. The van der Waals surface area contributed by atoms with Gasteiger partial charge in [-0.25, -0.2) is 4.98 Å². The highest BCUT2D eigenvalue weighted by Crippen LogP contribution is 2.29. The number of nitrogen functional groups attached to an aromatic ring is 1. The van der Waals surface area contributed by atoms with Crippen molar-refractivity contribution in [2.75, 3.05) is 44.4 Å². The van der Waals surface area contributed by atoms with Gasteiger partial charge < -0.3 is 20.3 Å². The zero-order valence-electron chi connectivity index (χ0n) is 11.5. The molecule has 1 saturated heterocycles. The van der Waals surface area contributed by atoms with E-state index in [1.165, 1.54) is 11.3 Å². The lowest BCUT2D eigenvalue weighted by Gasteiger charge is -2.15. The molecule has 1 fully saturated rings. The van der Waals surface area contributed by atoms with Crippen molar-refractivity contribution in [3.63, 3.8) is 0 Å². The third-order valence-electron chi connectivity index (χ3n) is 3.40. The summed E-state index contributed by atoms with van der Waals surface area (Å²) in [5.41, 5.74) is 5.86. The molecule has 106 valence electrons. The molecule has 0 spiro atoms. The summed E-state index contributed by atoms with van der Waals surface area (Å²) in [4.78, 5) is 20.9. The molecule has 0 aliphatic carbocycles. The fraction of sp³-hybridized carbons (Fsp3) is 0.667. The van der Waals surface area contributed by atoms with Gasteiger partial charge in [0.15, 0.2) is 5.13 Å². The number of nitrogens with zero attached hydrogens (tertiary/aromatic N) is 3. The molecule has 1 aliphatic heterocycles. The van der Waals surface area contributed by atoms with Crippen molar-refractivity contribution in [2.24, 2.45) is 0 Å². The van der Waals surface area contributed by atoms with Crippen LogP contribution in [0.2, 0.25) is 0 Å². The Labute approximate surface area is 117 Å². The Kier molecular flexibility index (Phi) is 4.26. The molecule has 0 bridgehead atoms. The molecule has 1 unspecified atom stereocenters. The van der Waals surface area contributed by atoms with E-state index in [2.05, 4.69) is 4.98 Å². The first-order valence-electron chi connectivity index (χ1n) is 6.36. The van der Waals surface area contributed by atoms with Gasteiger partial charge in [0, 0.05) is 33.8 Å². The van der Waals surface area contributed by atoms with Gasteiger partial charge in [-0.1, -0.05) is 11.3 Å². The Morgan fingerprint density at radius 1 is 1.68 bits per heavy atom. The van der Waals surface area contributed by atoms with Crippen LogP contribution in [0.1, 0.15) is 23.0 Å². The molecule has 2 rings (SSSR count). The number of amides is 1. The van der Waals surface area contributed by atoms with Gasteiger partial charge in [-0.3, -0.25) is 4.79 Å². The number of aromatic nitrogens is 1. The molecule has 1 aliphatic rings. The fourth-order valence-electron chi connectivity index (χ4n) is 2.02. The normalized spacial score (nSPS) is 18.9. The van der Waals surface area contributed by atoms with Crippen LogP contribution < -0.4 is 10.6 Å². The average molecular weight is 284 g/mol. The summed E-state index contributed by atoms with van der Waals surface area (Å²) in [5, 5.41) is 0.783.